The molecule has 0 saturated carbocycles. The first-order valence-corrected chi connectivity index (χ1v) is 6.36. The first kappa shape index (κ1) is 11.0. The highest BCUT2D eigenvalue weighted by molar-refractivity contribution is 9.09. The molecule has 1 aliphatic rings. The topological polar surface area (TPSA) is 18.5 Å². The van der Waals surface area contributed by atoms with Crippen LogP contribution in [0.1, 0.15) is 13.3 Å². The molecule has 0 radical (unpaired) electrons. The summed E-state index contributed by atoms with van der Waals surface area (Å²) in [5.74, 6) is 0. The molecule has 0 unspecified atom stereocenters. The molecule has 0 N–H and O–H groups in total. The van der Waals surface area contributed by atoms with E-state index >= 15 is 0 Å². The van der Waals surface area contributed by atoms with Crippen LogP contribution in [0.5, 0.6) is 0 Å². The zero-order chi connectivity index (χ0) is 9.03. The van der Waals surface area contributed by atoms with Crippen LogP contribution in [0.2, 0.25) is 0 Å². The average molecular weight is 302 g/mol. The average Bonchev–Trinajstić information content (AvgIpc) is 2.18. The molecule has 0 amide bonds. The molecular weight excluding hydrogens is 288 g/mol. The van der Waals surface area contributed by atoms with Crippen LogP contribution in [0.25, 0.3) is 0 Å². The van der Waals surface area contributed by atoms with Crippen molar-refractivity contribution < 1.29 is 9.47 Å². The minimum atomic E-state index is 0.0104. The largest absolute Gasteiger partial charge is 0.352 e. The fraction of sp³-hybridized carbons (Fsp3) is 1.00. The van der Waals surface area contributed by atoms with Crippen molar-refractivity contribution in [1.82, 2.24) is 0 Å². The van der Waals surface area contributed by atoms with Crippen molar-refractivity contribution in [2.45, 2.75) is 19.6 Å². The highest BCUT2D eigenvalue weighted by Gasteiger charge is 2.34. The normalized spacial score (nSPS) is 24.2. The van der Waals surface area contributed by atoms with Crippen LogP contribution in [0, 0.1) is 5.41 Å². The van der Waals surface area contributed by atoms with E-state index < -0.39 is 0 Å². The first-order chi connectivity index (χ1) is 5.76. The number of alkyl halides is 2. The standard InChI is InChI=1S/C8H14Br2O2/c1-2-7-11-5-8(3-9,4-10)6-12-7/h7H,2-6H2,1H3. The van der Waals surface area contributed by atoms with Gasteiger partial charge < -0.3 is 9.47 Å². The van der Waals surface area contributed by atoms with Gasteiger partial charge in [-0.05, 0) is 6.42 Å². The molecule has 12 heavy (non-hydrogen) atoms. The highest BCUT2D eigenvalue weighted by atomic mass is 79.9. The number of hydrogen-bond donors (Lipinski definition) is 0. The quantitative estimate of drug-likeness (QED) is 0.746. The Bertz CT molecular complexity index is 127. The Morgan fingerprint density at radius 3 is 2.08 bits per heavy atom. The lowest BCUT2D eigenvalue weighted by Gasteiger charge is -2.37. The third-order valence-electron chi connectivity index (χ3n) is 2.05. The maximum Gasteiger partial charge on any atom is 0.157 e. The molecule has 0 bridgehead atoms. The molecule has 1 fully saturated rings. The predicted molar refractivity (Wildman–Crippen MR) is 56.0 cm³/mol. The molecule has 1 aliphatic heterocycles. The number of hydrogen-bond acceptors (Lipinski definition) is 2. The number of rotatable bonds is 3. The van der Waals surface area contributed by atoms with E-state index in [1.165, 1.54) is 0 Å². The molecule has 1 saturated heterocycles. The molecule has 0 atom stereocenters. The third-order valence-corrected chi connectivity index (χ3v) is 4.43. The van der Waals surface area contributed by atoms with Crippen molar-refractivity contribution in [3.63, 3.8) is 0 Å². The summed E-state index contributed by atoms with van der Waals surface area (Å²) in [5.41, 5.74) is 0.131. The Morgan fingerprint density at radius 1 is 1.25 bits per heavy atom. The summed E-state index contributed by atoms with van der Waals surface area (Å²) in [6, 6.07) is 0. The Kier molecular flexibility index (Phi) is 4.51. The molecular formula is C8H14Br2O2. The molecule has 0 aromatic rings. The predicted octanol–water partition coefficient (Wildman–Crippen LogP) is 2.55. The minimum Gasteiger partial charge on any atom is -0.352 e. The monoisotopic (exact) mass is 300 g/mol. The number of halogens is 2. The van der Waals surface area contributed by atoms with Gasteiger partial charge in [-0.2, -0.15) is 0 Å². The second-order valence-corrected chi connectivity index (χ2v) is 4.35. The van der Waals surface area contributed by atoms with Crippen LogP contribution in [0.15, 0.2) is 0 Å². The van der Waals surface area contributed by atoms with Gasteiger partial charge in [-0.3, -0.25) is 0 Å². The molecule has 2 nitrogen and oxygen atoms in total. The lowest BCUT2D eigenvalue weighted by atomic mass is 9.95. The van der Waals surface area contributed by atoms with E-state index in [9.17, 15) is 0 Å². The SMILES string of the molecule is CCC1OCC(CBr)(CBr)CO1. The van der Waals surface area contributed by atoms with Gasteiger partial charge in [0, 0.05) is 16.1 Å². The van der Waals surface area contributed by atoms with Crippen molar-refractivity contribution in [2.75, 3.05) is 23.9 Å². The fourth-order valence-electron chi connectivity index (χ4n) is 1.05. The van der Waals surface area contributed by atoms with E-state index in [4.69, 9.17) is 9.47 Å². The maximum atomic E-state index is 5.54. The zero-order valence-corrected chi connectivity index (χ0v) is 10.4. The summed E-state index contributed by atoms with van der Waals surface area (Å²) in [6.07, 6.45) is 0.942. The van der Waals surface area contributed by atoms with Gasteiger partial charge in [-0.25, -0.2) is 0 Å². The van der Waals surface area contributed by atoms with Gasteiger partial charge in [0.05, 0.1) is 13.2 Å². The Balaban J connectivity index is 2.42. The fourth-order valence-corrected chi connectivity index (χ4v) is 2.63. The van der Waals surface area contributed by atoms with E-state index in [0.717, 1.165) is 30.3 Å². The van der Waals surface area contributed by atoms with E-state index in [0.29, 0.717) is 0 Å². The van der Waals surface area contributed by atoms with E-state index in [2.05, 4.69) is 38.8 Å². The summed E-state index contributed by atoms with van der Waals surface area (Å²) in [4.78, 5) is 0. The highest BCUT2D eigenvalue weighted by Crippen LogP contribution is 2.29. The lowest BCUT2D eigenvalue weighted by Crippen LogP contribution is -2.44. The molecule has 0 aliphatic carbocycles. The second kappa shape index (κ2) is 4.94. The summed E-state index contributed by atoms with van der Waals surface area (Å²) < 4.78 is 11.1. The van der Waals surface area contributed by atoms with Gasteiger partial charge in [0.1, 0.15) is 0 Å². The van der Waals surface area contributed by atoms with Crippen LogP contribution >= 0.6 is 31.9 Å². The van der Waals surface area contributed by atoms with Gasteiger partial charge in [-0.15, -0.1) is 0 Å². The van der Waals surface area contributed by atoms with Crippen molar-refractivity contribution in [2.24, 2.45) is 5.41 Å². The van der Waals surface area contributed by atoms with Crippen LogP contribution in [-0.4, -0.2) is 30.2 Å². The smallest absolute Gasteiger partial charge is 0.157 e. The zero-order valence-electron chi connectivity index (χ0n) is 7.19. The second-order valence-electron chi connectivity index (χ2n) is 3.23. The van der Waals surface area contributed by atoms with Crippen molar-refractivity contribution in [3.05, 3.63) is 0 Å². The molecule has 1 rings (SSSR count). The van der Waals surface area contributed by atoms with Crippen LogP contribution in [0.4, 0.5) is 0 Å². The molecule has 4 heteroatoms. The van der Waals surface area contributed by atoms with Gasteiger partial charge >= 0.3 is 0 Å². The summed E-state index contributed by atoms with van der Waals surface area (Å²) in [5, 5.41) is 1.84. The molecule has 72 valence electrons. The number of ether oxygens (including phenoxy) is 2. The van der Waals surface area contributed by atoms with Gasteiger partial charge in [-0.1, -0.05) is 38.8 Å². The first-order valence-electron chi connectivity index (χ1n) is 4.11. The van der Waals surface area contributed by atoms with Gasteiger partial charge in [0.15, 0.2) is 6.29 Å². The third kappa shape index (κ3) is 2.44. The molecule has 1 heterocycles. The van der Waals surface area contributed by atoms with Crippen LogP contribution < -0.4 is 0 Å². The van der Waals surface area contributed by atoms with Crippen molar-refractivity contribution in [3.8, 4) is 0 Å². The Morgan fingerprint density at radius 2 is 1.75 bits per heavy atom. The van der Waals surface area contributed by atoms with E-state index in [-0.39, 0.29) is 11.7 Å². The molecule has 0 aromatic heterocycles. The minimum absolute atomic E-state index is 0.0104. The Labute approximate surface area is 90.3 Å². The summed E-state index contributed by atoms with van der Waals surface area (Å²) in [6.45, 7) is 3.63. The van der Waals surface area contributed by atoms with Gasteiger partial charge in [0.2, 0.25) is 0 Å². The van der Waals surface area contributed by atoms with Crippen LogP contribution in [0.3, 0.4) is 0 Å². The van der Waals surface area contributed by atoms with E-state index in [1.807, 2.05) is 0 Å². The maximum absolute atomic E-state index is 5.54. The van der Waals surface area contributed by atoms with Gasteiger partial charge in [0.25, 0.3) is 0 Å². The summed E-state index contributed by atoms with van der Waals surface area (Å²) >= 11 is 6.96. The molecule has 0 spiro atoms. The van der Waals surface area contributed by atoms with Crippen molar-refractivity contribution in [1.29, 1.82) is 0 Å². The van der Waals surface area contributed by atoms with Crippen molar-refractivity contribution >= 4 is 31.9 Å². The van der Waals surface area contributed by atoms with E-state index in [1.54, 1.807) is 0 Å². The summed E-state index contributed by atoms with van der Waals surface area (Å²) in [7, 11) is 0. The lowest BCUT2D eigenvalue weighted by molar-refractivity contribution is -0.219. The Hall–Kier alpha value is 0.880. The van der Waals surface area contributed by atoms with Crippen LogP contribution in [-0.2, 0) is 9.47 Å². The molecule has 0 aromatic carbocycles.